The molecule has 0 aromatic carbocycles. The van der Waals surface area contributed by atoms with Crippen molar-refractivity contribution in [3.05, 3.63) is 0 Å². The van der Waals surface area contributed by atoms with Crippen molar-refractivity contribution in [1.29, 1.82) is 0 Å². The average molecular weight is 677 g/mol. The summed E-state index contributed by atoms with van der Waals surface area (Å²) in [5.74, 6) is 14.4. The van der Waals surface area contributed by atoms with Gasteiger partial charge in [0.05, 0.1) is 0 Å². The van der Waals surface area contributed by atoms with Gasteiger partial charge in [-0.15, -0.1) is 0 Å². The Morgan fingerprint density at radius 3 is 1.24 bits per heavy atom. The van der Waals surface area contributed by atoms with Crippen LogP contribution in [0.4, 0.5) is 0 Å². The molecule has 11 heteroatoms. The molecule has 0 saturated carbocycles. The molecule has 0 rings (SSSR count). The lowest BCUT2D eigenvalue weighted by Gasteiger charge is -2.34. The molecule has 0 fully saturated rings. The Balaban J connectivity index is 4.94. The van der Waals surface area contributed by atoms with Gasteiger partial charge in [-0.1, -0.05) is 27.7 Å². The number of thioether (sulfide) groups is 6. The summed E-state index contributed by atoms with van der Waals surface area (Å²) < 4.78 is 0. The summed E-state index contributed by atoms with van der Waals surface area (Å²) in [4.78, 5) is 0. The molecule has 0 bridgehead atoms. The van der Waals surface area contributed by atoms with Crippen molar-refractivity contribution in [3.63, 3.8) is 0 Å². The number of thiol groups is 5. The Kier molecular flexibility index (Phi) is 27.4. The standard InChI is InChI=1S/C23H48S11/c1-18(24)9-22(28)13-34-17-23(16-33-12-21(4)27,14-31-7-5-29-10-19(2)25)15-32-8-6-30-11-20(3)26/h18-22,24-28H,5-17H2,1-4H3. The number of hydrogen-bond donors (Lipinski definition) is 5. The Morgan fingerprint density at radius 2 is 0.824 bits per heavy atom. The molecular formula is C23H48S11. The second-order valence-electron chi connectivity index (χ2n) is 9.07. The lowest BCUT2D eigenvalue weighted by atomic mass is 9.99. The second kappa shape index (κ2) is 24.6. The molecule has 0 aliphatic rings. The highest BCUT2D eigenvalue weighted by Gasteiger charge is 2.31. The minimum Gasteiger partial charge on any atom is -0.176 e. The molecule has 5 atom stereocenters. The van der Waals surface area contributed by atoms with Crippen molar-refractivity contribution in [3.8, 4) is 0 Å². The van der Waals surface area contributed by atoms with Crippen LogP contribution >= 0.6 is 134 Å². The molecule has 0 amide bonds. The van der Waals surface area contributed by atoms with E-state index in [1.165, 1.54) is 46.0 Å². The third kappa shape index (κ3) is 24.9. The molecule has 0 N–H and O–H groups in total. The Hall–Kier alpha value is 3.85. The van der Waals surface area contributed by atoms with Gasteiger partial charge in [-0.2, -0.15) is 134 Å². The Morgan fingerprint density at radius 1 is 0.471 bits per heavy atom. The van der Waals surface area contributed by atoms with Crippen molar-refractivity contribution in [2.45, 2.75) is 60.4 Å². The van der Waals surface area contributed by atoms with Crippen molar-refractivity contribution < 1.29 is 0 Å². The first-order chi connectivity index (χ1) is 16.1. The topological polar surface area (TPSA) is 0 Å². The third-order valence-electron chi connectivity index (χ3n) is 4.38. The highest BCUT2D eigenvalue weighted by Crippen LogP contribution is 2.36. The van der Waals surface area contributed by atoms with E-state index < -0.39 is 0 Å². The summed E-state index contributed by atoms with van der Waals surface area (Å²) in [6.07, 6.45) is 1.07. The molecule has 206 valence electrons. The van der Waals surface area contributed by atoms with Crippen LogP contribution < -0.4 is 0 Å². The molecule has 0 aromatic rings. The first-order valence-corrected chi connectivity index (χ1v) is 21.4. The van der Waals surface area contributed by atoms with E-state index in [2.05, 4.69) is 125 Å². The lowest BCUT2D eigenvalue weighted by Crippen LogP contribution is -2.34. The monoisotopic (exact) mass is 676 g/mol. The van der Waals surface area contributed by atoms with Crippen molar-refractivity contribution >= 4 is 134 Å². The zero-order valence-corrected chi connectivity index (χ0v) is 30.6. The Bertz CT molecular complexity index is 427. The summed E-state index contributed by atoms with van der Waals surface area (Å²) in [6.45, 7) is 8.74. The maximum Gasteiger partial charge on any atom is 0.0118 e. The Labute approximate surface area is 265 Å². The van der Waals surface area contributed by atoms with E-state index in [1.807, 2.05) is 23.5 Å². The maximum absolute atomic E-state index is 4.83. The quantitative estimate of drug-likeness (QED) is 0.0512. The molecule has 0 heterocycles. The van der Waals surface area contributed by atoms with Gasteiger partial charge < -0.3 is 0 Å². The van der Waals surface area contributed by atoms with Crippen LogP contribution in [0.1, 0.15) is 34.1 Å². The van der Waals surface area contributed by atoms with Gasteiger partial charge in [0, 0.05) is 95.4 Å². The van der Waals surface area contributed by atoms with Crippen LogP contribution in [0.3, 0.4) is 0 Å². The van der Waals surface area contributed by atoms with Gasteiger partial charge in [0.2, 0.25) is 0 Å². The molecule has 0 aliphatic heterocycles. The van der Waals surface area contributed by atoms with Gasteiger partial charge in [0.1, 0.15) is 0 Å². The summed E-state index contributed by atoms with van der Waals surface area (Å²) in [6, 6.07) is 0. The predicted molar refractivity (Wildman–Crippen MR) is 198 cm³/mol. The fourth-order valence-electron chi connectivity index (χ4n) is 2.89. The maximum atomic E-state index is 4.83. The van der Waals surface area contributed by atoms with Gasteiger partial charge in [-0.25, -0.2) is 0 Å². The number of hydrogen-bond acceptors (Lipinski definition) is 11. The molecule has 5 unspecified atom stereocenters. The molecule has 34 heavy (non-hydrogen) atoms. The third-order valence-corrected chi connectivity index (χ3v) is 15.1. The normalized spacial score (nSPS) is 18.3. The lowest BCUT2D eigenvalue weighted by molar-refractivity contribution is 0.515. The molecule has 0 nitrogen and oxygen atoms in total. The molecule has 0 radical (unpaired) electrons. The minimum absolute atomic E-state index is 0.358. The minimum atomic E-state index is 0.358. The smallest absolute Gasteiger partial charge is 0.0118 e. The van der Waals surface area contributed by atoms with Gasteiger partial charge >= 0.3 is 0 Å². The number of rotatable bonds is 24. The van der Waals surface area contributed by atoms with E-state index in [4.69, 9.17) is 12.6 Å². The van der Waals surface area contributed by atoms with Gasteiger partial charge in [0.15, 0.2) is 0 Å². The fraction of sp³-hybridized carbons (Fsp3) is 1.00. The molecule has 0 spiro atoms. The summed E-state index contributed by atoms with van der Waals surface area (Å²) in [7, 11) is 0. The average Bonchev–Trinajstić information content (AvgIpc) is 2.71. The zero-order chi connectivity index (χ0) is 25.8. The summed E-state index contributed by atoms with van der Waals surface area (Å²) in [5.41, 5.74) is 0.358. The van der Waals surface area contributed by atoms with Crippen LogP contribution in [0.15, 0.2) is 0 Å². The van der Waals surface area contributed by atoms with Crippen LogP contribution in [0.25, 0.3) is 0 Å². The van der Waals surface area contributed by atoms with E-state index in [0.29, 0.717) is 31.7 Å². The van der Waals surface area contributed by atoms with Crippen molar-refractivity contribution in [1.82, 2.24) is 0 Å². The van der Waals surface area contributed by atoms with Crippen molar-refractivity contribution in [2.75, 3.05) is 69.0 Å². The summed E-state index contributed by atoms with van der Waals surface area (Å²) in [5, 5.41) is 2.27. The summed E-state index contributed by atoms with van der Waals surface area (Å²) >= 11 is 35.7. The largest absolute Gasteiger partial charge is 0.176 e. The second-order valence-corrected chi connectivity index (χ2v) is 19.9. The first-order valence-electron chi connectivity index (χ1n) is 11.9. The van der Waals surface area contributed by atoms with Crippen LogP contribution in [0, 0.1) is 5.41 Å². The highest BCUT2D eigenvalue weighted by molar-refractivity contribution is 8.04. The van der Waals surface area contributed by atoms with Gasteiger partial charge in [-0.3, -0.25) is 0 Å². The van der Waals surface area contributed by atoms with Crippen LogP contribution in [-0.4, -0.2) is 95.3 Å². The van der Waals surface area contributed by atoms with Crippen LogP contribution in [0.2, 0.25) is 0 Å². The fourth-order valence-corrected chi connectivity index (χ4v) is 12.8. The molecule has 0 aliphatic carbocycles. The molecular weight excluding hydrogens is 629 g/mol. The van der Waals surface area contributed by atoms with E-state index in [0.717, 1.165) is 29.4 Å². The van der Waals surface area contributed by atoms with Crippen LogP contribution in [0.5, 0.6) is 0 Å². The molecule has 0 aromatic heterocycles. The van der Waals surface area contributed by atoms with Crippen LogP contribution in [-0.2, 0) is 0 Å². The van der Waals surface area contributed by atoms with E-state index >= 15 is 0 Å². The predicted octanol–water partition coefficient (Wildman–Crippen LogP) is 8.33. The van der Waals surface area contributed by atoms with E-state index in [-0.39, 0.29) is 0 Å². The van der Waals surface area contributed by atoms with Crippen molar-refractivity contribution in [2.24, 2.45) is 5.41 Å². The highest BCUT2D eigenvalue weighted by atomic mass is 32.2. The SMILES string of the molecule is CC(S)CSCCSCC(CSCCSCC(C)S)(CSCC(C)S)CSCC(S)CC(C)S. The van der Waals surface area contributed by atoms with E-state index in [1.54, 1.807) is 0 Å². The van der Waals surface area contributed by atoms with Gasteiger partial charge in [-0.05, 0) is 11.7 Å². The molecule has 0 saturated heterocycles. The van der Waals surface area contributed by atoms with Gasteiger partial charge in [0.25, 0.3) is 0 Å². The zero-order valence-electron chi connectivity index (χ0n) is 21.3. The first kappa shape index (κ1) is 37.9. The van der Waals surface area contributed by atoms with E-state index in [9.17, 15) is 0 Å².